The Labute approximate surface area is 192 Å². The minimum absolute atomic E-state index is 0.154. The zero-order chi connectivity index (χ0) is 23.1. The zero-order valence-electron chi connectivity index (χ0n) is 18.1. The predicted molar refractivity (Wildman–Crippen MR) is 123 cm³/mol. The zero-order valence-corrected chi connectivity index (χ0v) is 18.9. The van der Waals surface area contributed by atoms with Gasteiger partial charge in [-0.2, -0.15) is 5.26 Å². The molecule has 2 heterocycles. The third-order valence-electron chi connectivity index (χ3n) is 5.47. The van der Waals surface area contributed by atoms with Crippen LogP contribution < -0.4 is 21.1 Å². The number of methoxy groups -OCH3 is 2. The monoisotopic (exact) mass is 458 g/mol. The molecule has 170 valence electrons. The van der Waals surface area contributed by atoms with Crippen LogP contribution in [0.15, 0.2) is 30.5 Å². The minimum atomic E-state index is -0.287. The quantitative estimate of drug-likeness (QED) is 0.513. The SMILES string of the molecule is COc1cc(N)c(Cl)cc1C(=O)NC1CCN(CCNc2ncccc2C#N)CC1OC. The number of aromatic nitrogens is 1. The van der Waals surface area contributed by atoms with Gasteiger partial charge in [0.05, 0.1) is 41.1 Å². The van der Waals surface area contributed by atoms with Gasteiger partial charge >= 0.3 is 0 Å². The van der Waals surface area contributed by atoms with Gasteiger partial charge in [-0.25, -0.2) is 4.98 Å². The van der Waals surface area contributed by atoms with Gasteiger partial charge in [-0.15, -0.1) is 0 Å². The number of hydrogen-bond donors (Lipinski definition) is 3. The van der Waals surface area contributed by atoms with E-state index < -0.39 is 0 Å². The van der Waals surface area contributed by atoms with Gasteiger partial charge in [-0.1, -0.05) is 11.6 Å². The molecule has 0 aliphatic carbocycles. The van der Waals surface area contributed by atoms with Crippen molar-refractivity contribution >= 4 is 29.0 Å². The maximum Gasteiger partial charge on any atom is 0.255 e. The highest BCUT2D eigenvalue weighted by Gasteiger charge is 2.31. The number of nitrogens with two attached hydrogens (primary N) is 1. The molecule has 1 aromatic heterocycles. The second kappa shape index (κ2) is 11.0. The van der Waals surface area contributed by atoms with Gasteiger partial charge in [-0.3, -0.25) is 9.69 Å². The molecule has 2 aromatic rings. The largest absolute Gasteiger partial charge is 0.496 e. The van der Waals surface area contributed by atoms with Crippen molar-refractivity contribution in [2.75, 3.05) is 51.4 Å². The van der Waals surface area contributed by atoms with Gasteiger partial charge in [0, 0.05) is 45.6 Å². The number of nitrogens with zero attached hydrogens (tertiary/aromatic N) is 3. The third-order valence-corrected chi connectivity index (χ3v) is 5.80. The van der Waals surface area contributed by atoms with E-state index in [1.807, 2.05) is 0 Å². The number of carbonyl (C=O) groups excluding carboxylic acids is 1. The van der Waals surface area contributed by atoms with E-state index in [4.69, 9.17) is 32.1 Å². The van der Waals surface area contributed by atoms with E-state index in [1.54, 1.807) is 31.5 Å². The summed E-state index contributed by atoms with van der Waals surface area (Å²) in [6.07, 6.45) is 2.21. The van der Waals surface area contributed by atoms with Crippen LogP contribution in [0.25, 0.3) is 0 Å². The number of nitrogen functional groups attached to an aromatic ring is 1. The summed E-state index contributed by atoms with van der Waals surface area (Å²) in [4.78, 5) is 19.3. The molecule has 9 nitrogen and oxygen atoms in total. The number of anilines is 2. The Kier molecular flexibility index (Phi) is 8.11. The van der Waals surface area contributed by atoms with Crippen molar-refractivity contribution in [1.29, 1.82) is 5.26 Å². The Hall–Kier alpha value is -3.06. The minimum Gasteiger partial charge on any atom is -0.496 e. The summed E-state index contributed by atoms with van der Waals surface area (Å²) in [5, 5.41) is 15.7. The number of likely N-dealkylation sites (tertiary alicyclic amines) is 1. The van der Waals surface area contributed by atoms with Crippen LogP contribution in [0.5, 0.6) is 5.75 Å². The van der Waals surface area contributed by atoms with Crippen LogP contribution in [0, 0.1) is 11.3 Å². The highest BCUT2D eigenvalue weighted by Crippen LogP contribution is 2.29. The van der Waals surface area contributed by atoms with Crippen molar-refractivity contribution < 1.29 is 14.3 Å². The number of hydrogen-bond acceptors (Lipinski definition) is 8. The van der Waals surface area contributed by atoms with Crippen LogP contribution in [0.4, 0.5) is 11.5 Å². The van der Waals surface area contributed by atoms with Crippen LogP contribution in [-0.4, -0.2) is 68.3 Å². The van der Waals surface area contributed by atoms with Crippen molar-refractivity contribution in [3.8, 4) is 11.8 Å². The second-order valence-corrected chi connectivity index (χ2v) is 7.86. The number of amides is 1. The Morgan fingerprint density at radius 1 is 1.44 bits per heavy atom. The van der Waals surface area contributed by atoms with Crippen LogP contribution in [0.1, 0.15) is 22.3 Å². The second-order valence-electron chi connectivity index (χ2n) is 7.46. The lowest BCUT2D eigenvalue weighted by molar-refractivity contribution is 0.00762. The first-order valence-corrected chi connectivity index (χ1v) is 10.6. The lowest BCUT2D eigenvalue weighted by Crippen LogP contribution is -2.55. The lowest BCUT2D eigenvalue weighted by atomic mass is 10.0. The number of ether oxygens (including phenoxy) is 2. The first-order chi connectivity index (χ1) is 15.5. The van der Waals surface area contributed by atoms with Crippen LogP contribution in [-0.2, 0) is 4.74 Å². The number of carbonyl (C=O) groups is 1. The molecule has 3 rings (SSSR count). The van der Waals surface area contributed by atoms with Crippen LogP contribution >= 0.6 is 11.6 Å². The molecule has 0 radical (unpaired) electrons. The Balaban J connectivity index is 1.56. The first-order valence-electron chi connectivity index (χ1n) is 10.2. The molecule has 1 aliphatic heterocycles. The van der Waals surface area contributed by atoms with Crippen LogP contribution in [0.3, 0.4) is 0 Å². The smallest absolute Gasteiger partial charge is 0.255 e. The van der Waals surface area contributed by atoms with Crippen LogP contribution in [0.2, 0.25) is 5.02 Å². The summed E-state index contributed by atoms with van der Waals surface area (Å²) in [5.74, 6) is 0.662. The molecule has 1 saturated heterocycles. The molecule has 1 aromatic carbocycles. The van der Waals surface area contributed by atoms with Crippen molar-refractivity contribution in [1.82, 2.24) is 15.2 Å². The van der Waals surface area contributed by atoms with E-state index in [9.17, 15) is 4.79 Å². The van der Waals surface area contributed by atoms with Gasteiger partial charge in [0.2, 0.25) is 0 Å². The van der Waals surface area contributed by atoms with Gasteiger partial charge in [0.15, 0.2) is 0 Å². The molecular weight excluding hydrogens is 432 g/mol. The van der Waals surface area contributed by atoms with Crippen molar-refractivity contribution in [2.24, 2.45) is 0 Å². The standard InChI is InChI=1S/C22H27ClN6O3/c1-31-19-11-17(25)16(23)10-15(19)22(30)28-18-5-8-29(13-20(18)32-2)9-7-27-21-14(12-24)4-3-6-26-21/h3-4,6,10-11,18,20H,5,7-9,13,25H2,1-2H3,(H,26,27)(H,28,30). The molecule has 2 atom stereocenters. The summed E-state index contributed by atoms with van der Waals surface area (Å²) in [6, 6.07) is 8.50. The number of halogens is 1. The molecule has 32 heavy (non-hydrogen) atoms. The molecule has 0 saturated carbocycles. The Morgan fingerprint density at radius 2 is 2.25 bits per heavy atom. The number of rotatable bonds is 8. The van der Waals surface area contributed by atoms with Gasteiger partial charge < -0.3 is 25.8 Å². The average molecular weight is 459 g/mol. The fraction of sp³-hybridized carbons (Fsp3) is 0.409. The molecule has 4 N–H and O–H groups in total. The van der Waals surface area contributed by atoms with E-state index >= 15 is 0 Å². The molecule has 10 heteroatoms. The normalized spacial score (nSPS) is 18.6. The maximum absolute atomic E-state index is 12.9. The Bertz CT molecular complexity index is 996. The molecule has 2 unspecified atom stereocenters. The van der Waals surface area contributed by atoms with E-state index in [2.05, 4.69) is 26.6 Å². The van der Waals surface area contributed by atoms with E-state index in [0.29, 0.717) is 46.5 Å². The number of benzene rings is 1. The van der Waals surface area contributed by atoms with Gasteiger partial charge in [0.1, 0.15) is 17.6 Å². The number of pyridine rings is 1. The van der Waals surface area contributed by atoms with Crippen molar-refractivity contribution in [2.45, 2.75) is 18.6 Å². The third kappa shape index (κ3) is 5.59. The number of nitrogens with one attached hydrogen (secondary N) is 2. The molecule has 0 bridgehead atoms. The molecule has 0 spiro atoms. The maximum atomic E-state index is 12.9. The Morgan fingerprint density at radius 3 is 2.97 bits per heavy atom. The summed E-state index contributed by atoms with van der Waals surface area (Å²) < 4.78 is 10.9. The number of nitriles is 1. The molecule has 1 aliphatic rings. The fourth-order valence-electron chi connectivity index (χ4n) is 3.72. The summed E-state index contributed by atoms with van der Waals surface area (Å²) in [7, 11) is 3.12. The van der Waals surface area contributed by atoms with Gasteiger partial charge in [0.25, 0.3) is 5.91 Å². The van der Waals surface area contributed by atoms with Crippen molar-refractivity contribution in [3.63, 3.8) is 0 Å². The topological polar surface area (TPSA) is 126 Å². The van der Waals surface area contributed by atoms with Gasteiger partial charge in [-0.05, 0) is 24.6 Å². The molecular formula is C22H27ClN6O3. The van der Waals surface area contributed by atoms with E-state index in [0.717, 1.165) is 19.5 Å². The average Bonchev–Trinajstić information content (AvgIpc) is 2.81. The predicted octanol–water partition coefficient (Wildman–Crippen LogP) is 2.13. The summed E-state index contributed by atoms with van der Waals surface area (Å²) in [6.45, 7) is 2.85. The molecule has 1 amide bonds. The lowest BCUT2D eigenvalue weighted by Gasteiger charge is -2.38. The van der Waals surface area contributed by atoms with E-state index in [1.165, 1.54) is 13.2 Å². The highest BCUT2D eigenvalue weighted by molar-refractivity contribution is 6.33. The van der Waals surface area contributed by atoms with E-state index in [-0.39, 0.29) is 18.1 Å². The molecule has 1 fully saturated rings. The van der Waals surface area contributed by atoms with Crippen molar-refractivity contribution in [3.05, 3.63) is 46.6 Å². The summed E-state index contributed by atoms with van der Waals surface area (Å²) >= 11 is 6.10. The highest BCUT2D eigenvalue weighted by atomic mass is 35.5. The first kappa shape index (κ1) is 23.6. The fourth-order valence-corrected chi connectivity index (χ4v) is 3.88. The number of piperidine rings is 1. The summed E-state index contributed by atoms with van der Waals surface area (Å²) in [5.41, 5.74) is 7.00.